The number of rotatable bonds is 3. The Morgan fingerprint density at radius 2 is 2.32 bits per heavy atom. The van der Waals surface area contributed by atoms with Crippen molar-refractivity contribution in [2.75, 3.05) is 13.7 Å². The average Bonchev–Trinajstić information content (AvgIpc) is 2.85. The quantitative estimate of drug-likeness (QED) is 0.791. The molecule has 104 valence electrons. The standard InChI is InChI=1S/C13H16BrNO3S/c1-18-12(16)7-10-4-2-3-5-15(10)13(17)9-6-11(14)19-8-9/h6,8,10H,2-5,7H2,1H3. The molecule has 0 aliphatic carbocycles. The van der Waals surface area contributed by atoms with E-state index in [1.807, 2.05) is 16.3 Å². The predicted molar refractivity (Wildman–Crippen MR) is 77.3 cm³/mol. The van der Waals surface area contributed by atoms with Gasteiger partial charge in [0.25, 0.3) is 5.91 Å². The molecule has 2 rings (SSSR count). The highest BCUT2D eigenvalue weighted by Gasteiger charge is 2.29. The molecule has 0 N–H and O–H groups in total. The van der Waals surface area contributed by atoms with Crippen LogP contribution in [-0.2, 0) is 9.53 Å². The van der Waals surface area contributed by atoms with Gasteiger partial charge in [-0.3, -0.25) is 9.59 Å². The lowest BCUT2D eigenvalue weighted by Gasteiger charge is -2.35. The summed E-state index contributed by atoms with van der Waals surface area (Å²) in [4.78, 5) is 25.7. The number of carbonyl (C=O) groups excluding carboxylic acids is 2. The highest BCUT2D eigenvalue weighted by Crippen LogP contribution is 2.26. The fourth-order valence-electron chi connectivity index (χ4n) is 2.34. The lowest BCUT2D eigenvalue weighted by Crippen LogP contribution is -2.44. The SMILES string of the molecule is COC(=O)CC1CCCCN1C(=O)c1csc(Br)c1. The number of piperidine rings is 1. The maximum Gasteiger partial charge on any atom is 0.307 e. The van der Waals surface area contributed by atoms with E-state index in [0.29, 0.717) is 12.1 Å². The van der Waals surface area contributed by atoms with E-state index in [1.165, 1.54) is 18.4 Å². The molecule has 1 aromatic rings. The van der Waals surface area contributed by atoms with E-state index in [-0.39, 0.29) is 24.3 Å². The molecule has 0 spiro atoms. The van der Waals surface area contributed by atoms with E-state index in [4.69, 9.17) is 4.74 Å². The first-order valence-corrected chi connectivity index (χ1v) is 7.91. The van der Waals surface area contributed by atoms with E-state index in [1.54, 1.807) is 0 Å². The maximum absolute atomic E-state index is 12.5. The minimum absolute atomic E-state index is 0.00977. The van der Waals surface area contributed by atoms with Gasteiger partial charge in [0.15, 0.2) is 0 Å². The van der Waals surface area contributed by atoms with Crippen molar-refractivity contribution in [2.24, 2.45) is 0 Å². The molecule has 0 saturated carbocycles. The molecule has 1 unspecified atom stereocenters. The van der Waals surface area contributed by atoms with E-state index < -0.39 is 0 Å². The topological polar surface area (TPSA) is 46.6 Å². The summed E-state index contributed by atoms with van der Waals surface area (Å²) in [6, 6.07) is 1.80. The van der Waals surface area contributed by atoms with Crippen LogP contribution in [0.2, 0.25) is 0 Å². The second-order valence-electron chi connectivity index (χ2n) is 4.57. The summed E-state index contributed by atoms with van der Waals surface area (Å²) >= 11 is 4.86. The average molecular weight is 346 g/mol. The largest absolute Gasteiger partial charge is 0.469 e. The fourth-order valence-corrected chi connectivity index (χ4v) is 3.47. The van der Waals surface area contributed by atoms with Crippen LogP contribution in [0.4, 0.5) is 0 Å². The number of hydrogen-bond acceptors (Lipinski definition) is 4. The van der Waals surface area contributed by atoms with Crippen LogP contribution in [-0.4, -0.2) is 36.5 Å². The lowest BCUT2D eigenvalue weighted by atomic mass is 9.98. The molecule has 0 bridgehead atoms. The first-order chi connectivity index (χ1) is 9.11. The summed E-state index contributed by atoms with van der Waals surface area (Å²) in [5.74, 6) is -0.244. The van der Waals surface area contributed by atoms with Crippen molar-refractivity contribution in [1.82, 2.24) is 4.90 Å². The normalized spacial score (nSPS) is 19.3. The molecule has 1 saturated heterocycles. The van der Waals surface area contributed by atoms with Gasteiger partial charge < -0.3 is 9.64 Å². The molecule has 1 aliphatic heterocycles. The molecular weight excluding hydrogens is 330 g/mol. The van der Waals surface area contributed by atoms with E-state index in [2.05, 4.69) is 15.9 Å². The Morgan fingerprint density at radius 1 is 1.53 bits per heavy atom. The van der Waals surface area contributed by atoms with Crippen molar-refractivity contribution in [2.45, 2.75) is 31.7 Å². The van der Waals surface area contributed by atoms with Crippen molar-refractivity contribution < 1.29 is 14.3 Å². The van der Waals surface area contributed by atoms with Gasteiger partial charge in [-0.1, -0.05) is 0 Å². The summed E-state index contributed by atoms with van der Waals surface area (Å²) in [5.41, 5.74) is 0.689. The molecular formula is C13H16BrNO3S. The summed E-state index contributed by atoms with van der Waals surface area (Å²) < 4.78 is 5.65. The zero-order valence-electron chi connectivity index (χ0n) is 10.7. The summed E-state index contributed by atoms with van der Waals surface area (Å²) in [6.07, 6.45) is 3.20. The van der Waals surface area contributed by atoms with Crippen LogP contribution < -0.4 is 0 Å². The maximum atomic E-state index is 12.5. The zero-order valence-corrected chi connectivity index (χ0v) is 13.1. The van der Waals surface area contributed by atoms with Gasteiger partial charge in [0, 0.05) is 18.0 Å². The number of hydrogen-bond donors (Lipinski definition) is 0. The van der Waals surface area contributed by atoms with Gasteiger partial charge in [-0.15, -0.1) is 11.3 Å². The number of methoxy groups -OCH3 is 1. The van der Waals surface area contributed by atoms with Gasteiger partial charge in [0.1, 0.15) is 0 Å². The van der Waals surface area contributed by atoms with E-state index in [9.17, 15) is 9.59 Å². The van der Waals surface area contributed by atoms with E-state index >= 15 is 0 Å². The molecule has 19 heavy (non-hydrogen) atoms. The first-order valence-electron chi connectivity index (χ1n) is 6.23. The van der Waals surface area contributed by atoms with Gasteiger partial charge in [0.05, 0.1) is 22.9 Å². The Morgan fingerprint density at radius 3 is 2.95 bits per heavy atom. The number of thiophene rings is 1. The number of carbonyl (C=O) groups is 2. The molecule has 2 heterocycles. The summed E-state index contributed by atoms with van der Waals surface area (Å²) in [6.45, 7) is 0.716. The molecule has 1 aliphatic rings. The van der Waals surface area contributed by atoms with Crippen LogP contribution >= 0.6 is 27.3 Å². The third-order valence-electron chi connectivity index (χ3n) is 3.33. The minimum Gasteiger partial charge on any atom is -0.469 e. The molecule has 0 radical (unpaired) electrons. The number of nitrogens with zero attached hydrogens (tertiary/aromatic N) is 1. The van der Waals surface area contributed by atoms with Crippen LogP contribution in [0.5, 0.6) is 0 Å². The van der Waals surface area contributed by atoms with Crippen LogP contribution in [0.3, 0.4) is 0 Å². The second kappa shape index (κ2) is 6.52. The van der Waals surface area contributed by atoms with Crippen LogP contribution in [0.25, 0.3) is 0 Å². The first kappa shape index (κ1) is 14.5. The van der Waals surface area contributed by atoms with Gasteiger partial charge in [0.2, 0.25) is 0 Å². The lowest BCUT2D eigenvalue weighted by molar-refractivity contribution is -0.142. The number of ether oxygens (including phenoxy) is 1. The molecule has 1 atom stereocenters. The predicted octanol–water partition coefficient (Wildman–Crippen LogP) is 3.07. The smallest absolute Gasteiger partial charge is 0.307 e. The molecule has 1 aromatic heterocycles. The van der Waals surface area contributed by atoms with Gasteiger partial charge >= 0.3 is 5.97 Å². The van der Waals surface area contributed by atoms with Gasteiger partial charge in [-0.25, -0.2) is 0 Å². The van der Waals surface area contributed by atoms with E-state index in [0.717, 1.165) is 23.0 Å². The van der Waals surface area contributed by atoms with Crippen molar-refractivity contribution in [1.29, 1.82) is 0 Å². The third kappa shape index (κ3) is 3.57. The molecule has 0 aromatic carbocycles. The third-order valence-corrected chi connectivity index (χ3v) is 4.84. The second-order valence-corrected chi connectivity index (χ2v) is 6.86. The molecule has 1 fully saturated rings. The van der Waals surface area contributed by atoms with Crippen molar-refractivity contribution >= 4 is 39.1 Å². The number of esters is 1. The highest BCUT2D eigenvalue weighted by molar-refractivity contribution is 9.11. The van der Waals surface area contributed by atoms with Crippen molar-refractivity contribution in [3.8, 4) is 0 Å². The Labute approximate surface area is 124 Å². The Balaban J connectivity index is 2.10. The Kier molecular flexibility index (Phi) is 4.99. The zero-order chi connectivity index (χ0) is 13.8. The summed E-state index contributed by atoms with van der Waals surface area (Å²) in [7, 11) is 1.38. The van der Waals surface area contributed by atoms with Crippen molar-refractivity contribution in [3.05, 3.63) is 20.8 Å². The summed E-state index contributed by atoms with van der Waals surface area (Å²) in [5, 5.41) is 1.84. The van der Waals surface area contributed by atoms with Gasteiger partial charge in [-0.05, 0) is 41.3 Å². The monoisotopic (exact) mass is 345 g/mol. The highest BCUT2D eigenvalue weighted by atomic mass is 79.9. The molecule has 6 heteroatoms. The molecule has 4 nitrogen and oxygen atoms in total. The Bertz CT molecular complexity index is 474. The van der Waals surface area contributed by atoms with Crippen LogP contribution in [0, 0.1) is 0 Å². The van der Waals surface area contributed by atoms with Crippen molar-refractivity contribution in [3.63, 3.8) is 0 Å². The van der Waals surface area contributed by atoms with Gasteiger partial charge in [-0.2, -0.15) is 0 Å². The minimum atomic E-state index is -0.254. The van der Waals surface area contributed by atoms with Crippen LogP contribution in [0.1, 0.15) is 36.0 Å². The Hall–Kier alpha value is -0.880. The number of halogens is 1. The fraction of sp³-hybridized carbons (Fsp3) is 0.538. The molecule has 1 amide bonds. The number of amides is 1. The number of likely N-dealkylation sites (tertiary alicyclic amines) is 1. The van der Waals surface area contributed by atoms with Crippen LogP contribution in [0.15, 0.2) is 15.2 Å².